The molecule has 1 saturated heterocycles. The van der Waals surface area contributed by atoms with Crippen LogP contribution < -0.4 is 0 Å². The highest BCUT2D eigenvalue weighted by molar-refractivity contribution is 6.05. The van der Waals surface area contributed by atoms with Crippen LogP contribution in [-0.4, -0.2) is 74.2 Å². The molecule has 2 aliphatic rings. The molecule has 27 heavy (non-hydrogen) atoms. The number of likely N-dealkylation sites (N-methyl/N-ethyl adjacent to an activating group) is 2. The molecule has 2 aromatic heterocycles. The van der Waals surface area contributed by atoms with E-state index in [1.54, 1.807) is 24.3 Å². The number of pyridine rings is 1. The summed E-state index contributed by atoms with van der Waals surface area (Å²) in [6, 6.07) is 2.66. The number of fused-ring (bicyclic) bond motifs is 1. The summed E-state index contributed by atoms with van der Waals surface area (Å²) in [6.07, 6.45) is 4.08. The number of H-pyrrole nitrogens is 1. The number of carbonyl (C=O) groups is 3. The van der Waals surface area contributed by atoms with Crippen molar-refractivity contribution in [1.82, 2.24) is 29.7 Å². The van der Waals surface area contributed by atoms with E-state index in [0.29, 0.717) is 19.5 Å². The van der Waals surface area contributed by atoms with E-state index in [4.69, 9.17) is 0 Å². The van der Waals surface area contributed by atoms with E-state index in [-0.39, 0.29) is 24.3 Å². The molecule has 0 bridgehead atoms. The third kappa shape index (κ3) is 2.94. The zero-order valence-corrected chi connectivity index (χ0v) is 15.2. The minimum atomic E-state index is -0.732. The monoisotopic (exact) mass is 368 g/mol. The molecule has 2 aliphatic heterocycles. The molecular weight excluding hydrogens is 348 g/mol. The van der Waals surface area contributed by atoms with Gasteiger partial charge in [-0.05, 0) is 12.1 Å². The van der Waals surface area contributed by atoms with Crippen LogP contribution in [0, 0.1) is 0 Å². The highest BCUT2D eigenvalue weighted by Gasteiger charge is 2.42. The number of imide groups is 1. The number of amides is 4. The summed E-state index contributed by atoms with van der Waals surface area (Å²) in [5, 5.41) is 0. The minimum absolute atomic E-state index is 0.00958. The van der Waals surface area contributed by atoms with Crippen LogP contribution in [0.5, 0.6) is 0 Å². The number of nitrogens with zero attached hydrogens (tertiary/aromatic N) is 5. The van der Waals surface area contributed by atoms with Gasteiger partial charge in [0.25, 0.3) is 5.91 Å². The largest absolute Gasteiger partial charge is 0.340 e. The van der Waals surface area contributed by atoms with Crippen LogP contribution >= 0.6 is 0 Å². The van der Waals surface area contributed by atoms with E-state index < -0.39 is 6.04 Å². The number of imidazole rings is 1. The summed E-state index contributed by atoms with van der Waals surface area (Å²) in [5.41, 5.74) is 2.74. The minimum Gasteiger partial charge on any atom is -0.340 e. The van der Waals surface area contributed by atoms with Gasteiger partial charge < -0.3 is 14.8 Å². The van der Waals surface area contributed by atoms with Crippen LogP contribution in [0.4, 0.5) is 4.79 Å². The molecule has 4 rings (SSSR count). The van der Waals surface area contributed by atoms with Crippen molar-refractivity contribution in [2.45, 2.75) is 25.4 Å². The zero-order chi connectivity index (χ0) is 19.1. The maximum absolute atomic E-state index is 12.7. The lowest BCUT2D eigenvalue weighted by Gasteiger charge is -2.27. The summed E-state index contributed by atoms with van der Waals surface area (Å²) < 4.78 is 0. The Morgan fingerprint density at radius 2 is 2.15 bits per heavy atom. The van der Waals surface area contributed by atoms with Gasteiger partial charge in [0.05, 0.1) is 24.4 Å². The molecule has 9 heteroatoms. The van der Waals surface area contributed by atoms with Crippen LogP contribution in [0.2, 0.25) is 0 Å². The Morgan fingerprint density at radius 1 is 1.33 bits per heavy atom. The van der Waals surface area contributed by atoms with Crippen molar-refractivity contribution in [3.8, 4) is 11.4 Å². The lowest BCUT2D eigenvalue weighted by atomic mass is 10.1. The molecule has 2 aromatic rings. The van der Waals surface area contributed by atoms with Crippen LogP contribution in [-0.2, 0) is 22.6 Å². The summed E-state index contributed by atoms with van der Waals surface area (Å²) in [6.45, 7) is 0.952. The fourth-order valence-electron chi connectivity index (χ4n) is 3.52. The first-order chi connectivity index (χ1) is 13.0. The second-order valence-corrected chi connectivity index (χ2v) is 6.83. The normalized spacial score (nSPS) is 19.6. The molecule has 140 valence electrons. The summed E-state index contributed by atoms with van der Waals surface area (Å²) in [7, 11) is 2.98. The average Bonchev–Trinajstić information content (AvgIpc) is 3.20. The number of urea groups is 1. The van der Waals surface area contributed by atoms with E-state index in [1.165, 1.54) is 11.9 Å². The number of nitrogens with one attached hydrogen (secondary N) is 1. The van der Waals surface area contributed by atoms with Gasteiger partial charge >= 0.3 is 6.03 Å². The Labute approximate surface area is 156 Å². The molecule has 0 aliphatic carbocycles. The van der Waals surface area contributed by atoms with Crippen molar-refractivity contribution in [2.75, 3.05) is 20.6 Å². The Kier molecular flexibility index (Phi) is 4.14. The predicted molar refractivity (Wildman–Crippen MR) is 95.3 cm³/mol. The van der Waals surface area contributed by atoms with Crippen LogP contribution in [0.15, 0.2) is 24.5 Å². The van der Waals surface area contributed by atoms with Crippen molar-refractivity contribution < 1.29 is 14.4 Å². The van der Waals surface area contributed by atoms with Gasteiger partial charge in [-0.25, -0.2) is 9.78 Å². The van der Waals surface area contributed by atoms with Gasteiger partial charge in [-0.2, -0.15) is 0 Å². The molecule has 0 aromatic carbocycles. The SMILES string of the molecule is CN1C(=O)[C@H](CC(=O)N2CCc3nc(-c4cccnc4)[nH]c3C2)N(C)C1=O. The van der Waals surface area contributed by atoms with Gasteiger partial charge in [0, 0.05) is 45.0 Å². The lowest BCUT2D eigenvalue weighted by molar-refractivity contribution is -0.137. The Bertz CT molecular complexity index is 909. The van der Waals surface area contributed by atoms with Crippen molar-refractivity contribution >= 4 is 17.8 Å². The summed E-state index contributed by atoms with van der Waals surface area (Å²) in [5.74, 6) is 0.251. The van der Waals surface area contributed by atoms with Crippen LogP contribution in [0.25, 0.3) is 11.4 Å². The summed E-state index contributed by atoms with van der Waals surface area (Å²) >= 11 is 0. The third-order valence-corrected chi connectivity index (χ3v) is 5.16. The molecule has 1 fully saturated rings. The molecule has 0 unspecified atom stereocenters. The quantitative estimate of drug-likeness (QED) is 0.801. The Balaban J connectivity index is 1.47. The van der Waals surface area contributed by atoms with Gasteiger partial charge in [-0.15, -0.1) is 0 Å². The fraction of sp³-hybridized carbons (Fsp3) is 0.389. The number of hydrogen-bond donors (Lipinski definition) is 1. The van der Waals surface area contributed by atoms with Gasteiger partial charge in [0.2, 0.25) is 5.91 Å². The first kappa shape index (κ1) is 17.2. The van der Waals surface area contributed by atoms with Gasteiger partial charge in [0.15, 0.2) is 0 Å². The predicted octanol–water partition coefficient (Wildman–Crippen LogP) is 0.639. The van der Waals surface area contributed by atoms with E-state index in [2.05, 4.69) is 15.0 Å². The second kappa shape index (κ2) is 6.49. The number of carbonyl (C=O) groups excluding carboxylic acids is 3. The van der Waals surface area contributed by atoms with E-state index in [9.17, 15) is 14.4 Å². The van der Waals surface area contributed by atoms with Gasteiger partial charge in [-0.1, -0.05) is 0 Å². The van der Waals surface area contributed by atoms with E-state index in [0.717, 1.165) is 27.7 Å². The average molecular weight is 368 g/mol. The highest BCUT2D eigenvalue weighted by atomic mass is 16.2. The number of aromatic amines is 1. The Hall–Kier alpha value is -3.23. The van der Waals surface area contributed by atoms with Crippen molar-refractivity contribution in [1.29, 1.82) is 0 Å². The molecule has 4 heterocycles. The standard InChI is InChI=1S/C18H20N6O3/c1-22-14(17(26)23(2)18(22)27)8-15(25)24-7-5-12-13(10-24)21-16(20-12)11-4-3-6-19-9-11/h3-4,6,9,14H,5,7-8,10H2,1-2H3,(H,20,21)/t14-/m0/s1. The van der Waals surface area contributed by atoms with Crippen molar-refractivity contribution in [3.05, 3.63) is 35.9 Å². The number of hydrogen-bond acceptors (Lipinski definition) is 5. The van der Waals surface area contributed by atoms with Crippen LogP contribution in [0.3, 0.4) is 0 Å². The van der Waals surface area contributed by atoms with Gasteiger partial charge in [0.1, 0.15) is 11.9 Å². The molecule has 0 radical (unpaired) electrons. The molecule has 1 N–H and O–H groups in total. The van der Waals surface area contributed by atoms with E-state index in [1.807, 2.05) is 12.1 Å². The van der Waals surface area contributed by atoms with Crippen molar-refractivity contribution in [2.24, 2.45) is 0 Å². The molecular formula is C18H20N6O3. The lowest BCUT2D eigenvalue weighted by Crippen LogP contribution is -2.41. The zero-order valence-electron chi connectivity index (χ0n) is 15.2. The molecule has 9 nitrogen and oxygen atoms in total. The van der Waals surface area contributed by atoms with Crippen LogP contribution in [0.1, 0.15) is 17.8 Å². The highest BCUT2D eigenvalue weighted by Crippen LogP contribution is 2.24. The molecule has 0 saturated carbocycles. The first-order valence-corrected chi connectivity index (χ1v) is 8.76. The van der Waals surface area contributed by atoms with Gasteiger partial charge in [-0.3, -0.25) is 19.5 Å². The number of rotatable bonds is 3. The topological polar surface area (TPSA) is 102 Å². The van der Waals surface area contributed by atoms with E-state index >= 15 is 0 Å². The summed E-state index contributed by atoms with van der Waals surface area (Å²) in [4.78, 5) is 52.8. The maximum atomic E-state index is 12.7. The number of aromatic nitrogens is 3. The first-order valence-electron chi connectivity index (χ1n) is 8.76. The molecule has 1 atom stereocenters. The molecule has 0 spiro atoms. The second-order valence-electron chi connectivity index (χ2n) is 6.83. The smallest absolute Gasteiger partial charge is 0.326 e. The Morgan fingerprint density at radius 3 is 2.81 bits per heavy atom. The van der Waals surface area contributed by atoms with Crippen molar-refractivity contribution in [3.63, 3.8) is 0 Å². The third-order valence-electron chi connectivity index (χ3n) is 5.16. The molecule has 4 amide bonds. The fourth-order valence-corrected chi connectivity index (χ4v) is 3.52. The maximum Gasteiger partial charge on any atom is 0.326 e.